The van der Waals surface area contributed by atoms with E-state index in [1.54, 1.807) is 9.80 Å². The minimum atomic E-state index is -0.550. The molecule has 0 aliphatic carbocycles. The van der Waals surface area contributed by atoms with Crippen molar-refractivity contribution in [1.29, 1.82) is 0 Å². The second kappa shape index (κ2) is 26.1. The normalized spacial score (nSPS) is 20.4. The smallest absolute Gasteiger partial charge is 0.410 e. The number of ether oxygens (including phenoxy) is 4. The number of nitrogens with zero attached hydrogens (tertiary/aromatic N) is 8. The number of morpholine rings is 2. The van der Waals surface area contributed by atoms with Gasteiger partial charge in [0.1, 0.15) is 22.8 Å². The number of likely N-dealkylation sites (tertiary alicyclic amines) is 3. The highest BCUT2D eigenvalue weighted by Gasteiger charge is 2.34. The summed E-state index contributed by atoms with van der Waals surface area (Å²) in [5.74, 6) is 3.10. The van der Waals surface area contributed by atoms with Gasteiger partial charge in [0, 0.05) is 95.0 Å². The summed E-state index contributed by atoms with van der Waals surface area (Å²) in [7, 11) is 0. The van der Waals surface area contributed by atoms with E-state index in [1.165, 1.54) is 0 Å². The highest BCUT2D eigenvalue weighted by Crippen LogP contribution is 2.37. The number of amides is 6. The number of anilines is 4. The van der Waals surface area contributed by atoms with Crippen LogP contribution in [0.2, 0.25) is 0 Å². The van der Waals surface area contributed by atoms with Crippen LogP contribution in [0.3, 0.4) is 0 Å². The maximum Gasteiger partial charge on any atom is 0.410 e. The molecule has 6 amide bonds. The third-order valence-electron chi connectivity index (χ3n) is 16.4. The fraction of sp³-hybridized carbons (Fsp3) is 0.562. The van der Waals surface area contributed by atoms with Crippen LogP contribution in [-0.2, 0) is 18.9 Å². The van der Waals surface area contributed by atoms with Gasteiger partial charge in [-0.3, -0.25) is 0 Å². The van der Waals surface area contributed by atoms with Crippen molar-refractivity contribution in [2.75, 3.05) is 125 Å². The Morgan fingerprint density at radius 2 is 1.05 bits per heavy atom. The molecule has 2 N–H and O–H groups in total. The molecule has 5 saturated heterocycles. The number of urea groups is 2. The summed E-state index contributed by atoms with van der Waals surface area (Å²) in [6.45, 7) is 31.0. The van der Waals surface area contributed by atoms with Crippen molar-refractivity contribution in [3.8, 4) is 22.3 Å². The van der Waals surface area contributed by atoms with Gasteiger partial charge in [0.2, 0.25) is 0 Å². The van der Waals surface area contributed by atoms with Gasteiger partial charge in [-0.15, -0.1) is 0 Å². The van der Waals surface area contributed by atoms with Crippen molar-refractivity contribution in [3.05, 3.63) is 89.3 Å². The van der Waals surface area contributed by atoms with Gasteiger partial charge in [0.05, 0.1) is 38.7 Å². The summed E-state index contributed by atoms with van der Waals surface area (Å²) >= 11 is 0. The Morgan fingerprint density at radius 1 is 0.573 bits per heavy atom. The van der Waals surface area contributed by atoms with E-state index in [-0.39, 0.29) is 30.2 Å². The molecule has 4 aromatic rings. The first-order chi connectivity index (χ1) is 39.2. The SMILES string of the molecule is CC[C@@H]1CCN(C(=O)Nc2ccc(C)c(-c3cc(C4=CCN(C(=O)OC(C)(C)C)C4)nc(N4CCOCC4)c3)c2)C1.CC[C@@H]1CCN(C(=O)Nc2ccc(C)c(-c3cc(C4CCN(C(=O)OC(C)(C)C)C4)nc(N4CCOCC4)c3)c2)C1. The summed E-state index contributed by atoms with van der Waals surface area (Å²) in [6, 6.07) is 20.6. The lowest BCUT2D eigenvalue weighted by Gasteiger charge is -2.29. The molecule has 82 heavy (non-hydrogen) atoms. The van der Waals surface area contributed by atoms with E-state index in [0.717, 1.165) is 158 Å². The van der Waals surface area contributed by atoms with Gasteiger partial charge < -0.3 is 59.0 Å². The molecule has 0 spiro atoms. The number of carbonyl (C=O) groups is 4. The van der Waals surface area contributed by atoms with Crippen LogP contribution in [0, 0.1) is 25.7 Å². The molecule has 0 radical (unpaired) electrons. The number of hydrogen-bond donors (Lipinski definition) is 2. The molecule has 0 bridgehead atoms. The molecule has 1 unspecified atom stereocenters. The summed E-state index contributed by atoms with van der Waals surface area (Å²) in [6.07, 6.45) is 6.63. The predicted molar refractivity (Wildman–Crippen MR) is 324 cm³/mol. The minimum absolute atomic E-state index is 0.0339. The second-order valence-electron chi connectivity index (χ2n) is 24.9. The number of nitrogens with one attached hydrogen (secondary N) is 2. The van der Waals surface area contributed by atoms with Gasteiger partial charge >= 0.3 is 24.2 Å². The fourth-order valence-corrected chi connectivity index (χ4v) is 11.5. The van der Waals surface area contributed by atoms with Crippen LogP contribution in [0.25, 0.3) is 27.8 Å². The predicted octanol–water partition coefficient (Wildman–Crippen LogP) is 11.7. The summed E-state index contributed by atoms with van der Waals surface area (Å²) in [4.78, 5) is 73.5. The molecular formula is C64H88N10O8. The average Bonchev–Trinajstić information content (AvgIpc) is 4.30. The van der Waals surface area contributed by atoms with Crippen molar-refractivity contribution in [2.45, 2.75) is 118 Å². The first-order valence-electron chi connectivity index (χ1n) is 29.9. The zero-order valence-electron chi connectivity index (χ0n) is 50.3. The summed E-state index contributed by atoms with van der Waals surface area (Å²) in [5, 5.41) is 6.26. The van der Waals surface area contributed by atoms with Crippen LogP contribution in [0.4, 0.5) is 42.2 Å². The molecule has 8 heterocycles. The van der Waals surface area contributed by atoms with E-state index < -0.39 is 11.2 Å². The Labute approximate surface area is 485 Å². The first-order valence-corrected chi connectivity index (χ1v) is 29.9. The van der Waals surface area contributed by atoms with Gasteiger partial charge in [0.25, 0.3) is 0 Å². The minimum Gasteiger partial charge on any atom is -0.444 e. The fourth-order valence-electron chi connectivity index (χ4n) is 11.5. The first kappa shape index (κ1) is 59.7. The number of rotatable bonds is 10. The highest BCUT2D eigenvalue weighted by molar-refractivity contribution is 5.92. The molecule has 18 heteroatoms. The molecule has 442 valence electrons. The molecule has 6 aliphatic rings. The average molecular weight is 1130 g/mol. The van der Waals surface area contributed by atoms with Crippen molar-refractivity contribution < 1.29 is 38.1 Å². The van der Waals surface area contributed by atoms with E-state index in [4.69, 9.17) is 28.9 Å². The lowest BCUT2D eigenvalue weighted by atomic mass is 9.96. The third kappa shape index (κ3) is 15.4. The molecule has 18 nitrogen and oxygen atoms in total. The van der Waals surface area contributed by atoms with E-state index in [2.05, 4.69) is 103 Å². The Bertz CT molecular complexity index is 2930. The second-order valence-corrected chi connectivity index (χ2v) is 24.9. The number of aryl methyl sites for hydroxylation is 2. The third-order valence-corrected chi connectivity index (χ3v) is 16.4. The summed E-state index contributed by atoms with van der Waals surface area (Å²) in [5.41, 5.74) is 9.73. The lowest BCUT2D eigenvalue weighted by Crippen LogP contribution is -2.37. The van der Waals surface area contributed by atoms with Gasteiger partial charge in [-0.05, 0) is 174 Å². The van der Waals surface area contributed by atoms with Crippen molar-refractivity contribution >= 4 is 52.8 Å². The van der Waals surface area contributed by atoms with Crippen LogP contribution in [0.1, 0.15) is 116 Å². The van der Waals surface area contributed by atoms with Gasteiger partial charge in [0.15, 0.2) is 0 Å². The maximum atomic E-state index is 13.0. The van der Waals surface area contributed by atoms with Crippen LogP contribution in [0.5, 0.6) is 0 Å². The zero-order chi connectivity index (χ0) is 58.3. The number of pyridine rings is 2. The van der Waals surface area contributed by atoms with Crippen molar-refractivity contribution in [1.82, 2.24) is 29.6 Å². The molecule has 5 fully saturated rings. The van der Waals surface area contributed by atoms with E-state index in [1.807, 2.05) is 63.5 Å². The van der Waals surface area contributed by atoms with Crippen LogP contribution in [-0.4, -0.2) is 170 Å². The lowest BCUT2D eigenvalue weighted by molar-refractivity contribution is 0.0286. The maximum absolute atomic E-state index is 13.0. The largest absolute Gasteiger partial charge is 0.444 e. The molecule has 10 rings (SSSR count). The summed E-state index contributed by atoms with van der Waals surface area (Å²) < 4.78 is 22.4. The van der Waals surface area contributed by atoms with E-state index >= 15 is 0 Å². The van der Waals surface area contributed by atoms with Gasteiger partial charge in [-0.1, -0.05) is 44.9 Å². The molecule has 3 atom stereocenters. The van der Waals surface area contributed by atoms with Crippen molar-refractivity contribution in [2.24, 2.45) is 11.8 Å². The van der Waals surface area contributed by atoms with Crippen molar-refractivity contribution in [3.63, 3.8) is 0 Å². The molecule has 6 aliphatic heterocycles. The Morgan fingerprint density at radius 3 is 1.54 bits per heavy atom. The van der Waals surface area contributed by atoms with Gasteiger partial charge in [-0.2, -0.15) is 0 Å². The Hall–Kier alpha value is -6.92. The van der Waals surface area contributed by atoms with Crippen LogP contribution in [0.15, 0.2) is 66.7 Å². The topological polar surface area (TPSA) is 174 Å². The quantitative estimate of drug-likeness (QED) is 0.154. The molecule has 2 aromatic carbocycles. The van der Waals surface area contributed by atoms with E-state index in [0.29, 0.717) is 64.4 Å². The standard InChI is InChI=1S/C32H45N5O4.C32H43N5O4/c2*1-6-23-9-11-36(20-23)30(38)33-26-8-7-22(2)27(19-26)25-17-28(34-29(18-25)35-13-15-40-16-14-35)24-10-12-37(21-24)31(39)41-32(3,4)5/h7-8,17-19,23-24H,6,9-16,20-21H2,1-5H3,(H,33,38);7-8,10,17-19,23H,6,9,11-16,20-21H2,1-5H3,(H,33,38)/t23-,24?;23-/m11/s1. The number of aromatic nitrogens is 2. The molecular weight excluding hydrogens is 1040 g/mol. The van der Waals surface area contributed by atoms with Gasteiger partial charge in [-0.25, -0.2) is 29.1 Å². The number of carbonyl (C=O) groups excluding carboxylic acids is 4. The van der Waals surface area contributed by atoms with Crippen LogP contribution >= 0.6 is 0 Å². The molecule has 2 aromatic heterocycles. The number of hydrogen-bond acceptors (Lipinski definition) is 12. The number of benzene rings is 2. The molecule has 0 saturated carbocycles. The monoisotopic (exact) mass is 1120 g/mol. The highest BCUT2D eigenvalue weighted by atomic mass is 16.6. The zero-order valence-corrected chi connectivity index (χ0v) is 50.3. The van der Waals surface area contributed by atoms with Crippen LogP contribution < -0.4 is 20.4 Å². The van der Waals surface area contributed by atoms with E-state index in [9.17, 15) is 19.2 Å². The Kier molecular flexibility index (Phi) is 19.0. The Balaban J connectivity index is 0.000000198.